The number of hydrogen-bond donors (Lipinski definition) is 1. The third-order valence-electron chi connectivity index (χ3n) is 3.90. The van der Waals surface area contributed by atoms with Crippen LogP contribution in [0.3, 0.4) is 0 Å². The molecule has 1 unspecified atom stereocenters. The topological polar surface area (TPSA) is 81.9 Å². The molecular formula is C20H19Cl2N5O2S. The standard InChI is InChI=1S/C20H19Cl2N5O2S/c1-3-10-27-19(13(2)29-15-7-4-6-14(21)11-15)25-26-20(27)30-12-17(28)24-16-8-5-9-23-18(16)22/h3-9,11,13H,1,10,12H2,2H3,(H,24,28). The van der Waals surface area contributed by atoms with Crippen LogP contribution in [0.4, 0.5) is 5.69 Å². The van der Waals surface area contributed by atoms with Crippen LogP contribution in [-0.2, 0) is 11.3 Å². The summed E-state index contributed by atoms with van der Waals surface area (Å²) in [6.07, 6.45) is 2.91. The Balaban J connectivity index is 1.68. The Kier molecular flexibility index (Phi) is 7.73. The first kappa shape index (κ1) is 22.1. The lowest BCUT2D eigenvalue weighted by molar-refractivity contribution is -0.113. The van der Waals surface area contributed by atoms with Gasteiger partial charge in [0.2, 0.25) is 5.91 Å². The van der Waals surface area contributed by atoms with Gasteiger partial charge in [-0.05, 0) is 37.3 Å². The highest BCUT2D eigenvalue weighted by Gasteiger charge is 2.20. The van der Waals surface area contributed by atoms with Crippen molar-refractivity contribution in [1.82, 2.24) is 19.7 Å². The SMILES string of the molecule is C=CCn1c(SCC(=O)Nc2cccnc2Cl)nnc1C(C)Oc1cccc(Cl)c1. The molecule has 0 spiro atoms. The van der Waals surface area contributed by atoms with Gasteiger partial charge in [0.25, 0.3) is 0 Å². The molecule has 0 aliphatic carbocycles. The number of pyridine rings is 1. The van der Waals surface area contributed by atoms with E-state index in [2.05, 4.69) is 27.1 Å². The maximum atomic E-state index is 12.3. The van der Waals surface area contributed by atoms with Crippen LogP contribution in [-0.4, -0.2) is 31.4 Å². The number of benzene rings is 1. The highest BCUT2D eigenvalue weighted by Crippen LogP contribution is 2.26. The van der Waals surface area contributed by atoms with Gasteiger partial charge < -0.3 is 10.1 Å². The average molecular weight is 464 g/mol. The van der Waals surface area contributed by atoms with Crippen molar-refractivity contribution in [2.75, 3.05) is 11.1 Å². The van der Waals surface area contributed by atoms with Crippen LogP contribution in [0.1, 0.15) is 18.9 Å². The number of amides is 1. The fourth-order valence-corrected chi connectivity index (χ4v) is 3.70. The Morgan fingerprint density at radius 1 is 1.33 bits per heavy atom. The Morgan fingerprint density at radius 2 is 2.17 bits per heavy atom. The van der Waals surface area contributed by atoms with Crippen LogP contribution in [0.25, 0.3) is 0 Å². The summed E-state index contributed by atoms with van der Waals surface area (Å²) in [5.41, 5.74) is 0.460. The van der Waals surface area contributed by atoms with Gasteiger partial charge in [-0.2, -0.15) is 0 Å². The van der Waals surface area contributed by atoms with Crippen molar-refractivity contribution in [3.05, 3.63) is 71.3 Å². The molecule has 0 radical (unpaired) electrons. The molecule has 3 rings (SSSR count). The van der Waals surface area contributed by atoms with Gasteiger partial charge in [-0.15, -0.1) is 16.8 Å². The van der Waals surface area contributed by atoms with E-state index < -0.39 is 0 Å². The Labute approximate surface area is 188 Å². The molecule has 1 N–H and O–H groups in total. The summed E-state index contributed by atoms with van der Waals surface area (Å²) in [5.74, 6) is 1.15. The monoisotopic (exact) mass is 463 g/mol. The van der Waals surface area contributed by atoms with E-state index in [9.17, 15) is 4.79 Å². The number of rotatable bonds is 9. The number of aromatic nitrogens is 4. The molecule has 2 heterocycles. The van der Waals surface area contributed by atoms with Gasteiger partial charge in [0.05, 0.1) is 11.4 Å². The second-order valence-corrected chi connectivity index (χ2v) is 7.87. The van der Waals surface area contributed by atoms with Crippen molar-refractivity contribution in [3.8, 4) is 5.75 Å². The van der Waals surface area contributed by atoms with E-state index >= 15 is 0 Å². The fourth-order valence-electron chi connectivity index (χ4n) is 2.60. The average Bonchev–Trinajstić information content (AvgIpc) is 3.11. The minimum atomic E-state index is -0.381. The first-order valence-corrected chi connectivity index (χ1v) is 10.7. The van der Waals surface area contributed by atoms with Crippen molar-refractivity contribution in [3.63, 3.8) is 0 Å². The molecule has 0 bridgehead atoms. The summed E-state index contributed by atoms with van der Waals surface area (Å²) < 4.78 is 7.81. The summed E-state index contributed by atoms with van der Waals surface area (Å²) in [6.45, 7) is 6.14. The van der Waals surface area contributed by atoms with E-state index in [4.69, 9.17) is 27.9 Å². The van der Waals surface area contributed by atoms with Crippen molar-refractivity contribution >= 4 is 46.6 Å². The number of thioether (sulfide) groups is 1. The molecule has 1 aromatic carbocycles. The smallest absolute Gasteiger partial charge is 0.234 e. The lowest BCUT2D eigenvalue weighted by Gasteiger charge is -2.16. The summed E-state index contributed by atoms with van der Waals surface area (Å²) in [4.78, 5) is 16.2. The van der Waals surface area contributed by atoms with E-state index in [0.717, 1.165) is 0 Å². The van der Waals surface area contributed by atoms with Crippen molar-refractivity contribution in [1.29, 1.82) is 0 Å². The molecule has 156 valence electrons. The van der Waals surface area contributed by atoms with E-state index in [1.54, 1.807) is 36.5 Å². The molecule has 30 heavy (non-hydrogen) atoms. The minimum absolute atomic E-state index is 0.129. The maximum Gasteiger partial charge on any atom is 0.234 e. The number of carbonyl (C=O) groups is 1. The number of anilines is 1. The van der Waals surface area contributed by atoms with Crippen LogP contribution in [0.5, 0.6) is 5.75 Å². The molecule has 10 heteroatoms. The zero-order chi connectivity index (χ0) is 21.5. The van der Waals surface area contributed by atoms with Crippen LogP contribution in [0, 0.1) is 0 Å². The third-order valence-corrected chi connectivity index (χ3v) is 5.40. The number of allylic oxidation sites excluding steroid dienone is 1. The van der Waals surface area contributed by atoms with E-state index in [1.807, 2.05) is 23.6 Å². The summed E-state index contributed by atoms with van der Waals surface area (Å²) >= 11 is 13.2. The number of halogens is 2. The lowest BCUT2D eigenvalue weighted by atomic mass is 10.3. The van der Waals surface area contributed by atoms with Gasteiger partial charge in [0, 0.05) is 17.8 Å². The van der Waals surface area contributed by atoms with Crippen LogP contribution in [0.15, 0.2) is 60.4 Å². The largest absolute Gasteiger partial charge is 0.483 e. The molecule has 0 aliphatic rings. The number of carbonyl (C=O) groups excluding carboxylic acids is 1. The van der Waals surface area contributed by atoms with E-state index in [1.165, 1.54) is 11.8 Å². The zero-order valence-electron chi connectivity index (χ0n) is 16.1. The van der Waals surface area contributed by atoms with E-state index in [0.29, 0.717) is 34.0 Å². The first-order valence-electron chi connectivity index (χ1n) is 8.97. The number of nitrogens with one attached hydrogen (secondary N) is 1. The second-order valence-electron chi connectivity index (χ2n) is 6.14. The second kappa shape index (κ2) is 10.5. The van der Waals surface area contributed by atoms with Crippen LogP contribution < -0.4 is 10.1 Å². The summed E-state index contributed by atoms with van der Waals surface area (Å²) in [7, 11) is 0. The number of hydrogen-bond acceptors (Lipinski definition) is 6. The highest BCUT2D eigenvalue weighted by atomic mass is 35.5. The normalized spacial score (nSPS) is 11.7. The molecular weight excluding hydrogens is 445 g/mol. The molecule has 0 saturated carbocycles. The summed E-state index contributed by atoms with van der Waals surface area (Å²) in [6, 6.07) is 10.5. The van der Waals surface area contributed by atoms with Crippen LogP contribution >= 0.6 is 35.0 Å². The molecule has 0 fully saturated rings. The van der Waals surface area contributed by atoms with Gasteiger partial charge in [-0.3, -0.25) is 9.36 Å². The summed E-state index contributed by atoms with van der Waals surface area (Å²) in [5, 5.41) is 12.6. The van der Waals surface area contributed by atoms with Crippen LogP contribution in [0.2, 0.25) is 10.2 Å². The van der Waals surface area contributed by atoms with Gasteiger partial charge in [-0.25, -0.2) is 4.98 Å². The van der Waals surface area contributed by atoms with Crippen molar-refractivity contribution in [2.24, 2.45) is 0 Å². The van der Waals surface area contributed by atoms with Gasteiger partial charge in [0.15, 0.2) is 22.2 Å². The van der Waals surface area contributed by atoms with Crippen molar-refractivity contribution in [2.45, 2.75) is 24.7 Å². The maximum absolute atomic E-state index is 12.3. The van der Waals surface area contributed by atoms with Crippen molar-refractivity contribution < 1.29 is 9.53 Å². The zero-order valence-corrected chi connectivity index (χ0v) is 18.4. The number of nitrogens with zero attached hydrogens (tertiary/aromatic N) is 4. The molecule has 7 nitrogen and oxygen atoms in total. The van der Waals surface area contributed by atoms with Gasteiger partial charge in [0.1, 0.15) is 5.75 Å². The first-order chi connectivity index (χ1) is 14.5. The Bertz CT molecular complexity index is 1040. The molecule has 2 aromatic heterocycles. The minimum Gasteiger partial charge on any atom is -0.483 e. The fraction of sp³-hybridized carbons (Fsp3) is 0.200. The third kappa shape index (κ3) is 5.75. The Hall–Kier alpha value is -2.55. The molecule has 1 amide bonds. The predicted octanol–water partition coefficient (Wildman–Crippen LogP) is 5.04. The lowest BCUT2D eigenvalue weighted by Crippen LogP contribution is -2.16. The highest BCUT2D eigenvalue weighted by molar-refractivity contribution is 7.99. The molecule has 1 atom stereocenters. The van der Waals surface area contributed by atoms with Gasteiger partial charge in [-0.1, -0.05) is 47.1 Å². The Morgan fingerprint density at radius 3 is 2.90 bits per heavy atom. The quantitative estimate of drug-likeness (QED) is 0.272. The molecule has 3 aromatic rings. The number of ether oxygens (including phenoxy) is 1. The molecule has 0 aliphatic heterocycles. The van der Waals surface area contributed by atoms with E-state index in [-0.39, 0.29) is 22.9 Å². The molecule has 0 saturated heterocycles. The van der Waals surface area contributed by atoms with Gasteiger partial charge >= 0.3 is 0 Å². The predicted molar refractivity (Wildman–Crippen MR) is 119 cm³/mol.